The molecule has 0 bridgehead atoms. The monoisotopic (exact) mass is 250 g/mol. The summed E-state index contributed by atoms with van der Waals surface area (Å²) in [6.45, 7) is 6.47. The molecule has 4 heteroatoms. The minimum Gasteiger partial charge on any atom is -0.465 e. The molecule has 0 saturated carbocycles. The molecule has 0 aliphatic carbocycles. The molecule has 0 spiro atoms. The highest BCUT2D eigenvalue weighted by atomic mass is 16.5. The van der Waals surface area contributed by atoms with Crippen LogP contribution < -0.4 is 5.32 Å². The van der Waals surface area contributed by atoms with Crippen LogP contribution in [0.5, 0.6) is 0 Å². The summed E-state index contributed by atoms with van der Waals surface area (Å²) < 4.78 is 4.71. The number of aromatic nitrogens is 1. The Balaban J connectivity index is 2.93. The molecule has 1 aromatic rings. The van der Waals surface area contributed by atoms with E-state index >= 15 is 0 Å². The van der Waals surface area contributed by atoms with E-state index < -0.39 is 0 Å². The molecule has 100 valence electrons. The lowest BCUT2D eigenvalue weighted by Crippen LogP contribution is -2.36. The van der Waals surface area contributed by atoms with Crippen molar-refractivity contribution in [3.05, 3.63) is 23.9 Å². The minimum absolute atomic E-state index is 0.0434. The Morgan fingerprint density at radius 2 is 1.94 bits per heavy atom. The van der Waals surface area contributed by atoms with Gasteiger partial charge in [-0.25, -0.2) is 9.78 Å². The van der Waals surface area contributed by atoms with Gasteiger partial charge in [0.05, 0.1) is 12.7 Å². The second-order valence-corrected chi connectivity index (χ2v) is 4.39. The molecule has 0 saturated heterocycles. The first-order chi connectivity index (χ1) is 8.60. The lowest BCUT2D eigenvalue weighted by Gasteiger charge is -2.32. The maximum Gasteiger partial charge on any atom is 0.338 e. The van der Waals surface area contributed by atoms with Crippen molar-refractivity contribution in [2.24, 2.45) is 0 Å². The smallest absolute Gasteiger partial charge is 0.338 e. The van der Waals surface area contributed by atoms with Crippen molar-refractivity contribution < 1.29 is 9.53 Å². The maximum absolute atomic E-state index is 11.5. The van der Waals surface area contributed by atoms with Gasteiger partial charge < -0.3 is 10.1 Å². The summed E-state index contributed by atoms with van der Waals surface area (Å²) in [5.41, 5.74) is 0.564. The Kier molecular flexibility index (Phi) is 5.13. The van der Waals surface area contributed by atoms with Crippen LogP contribution >= 0.6 is 0 Å². The third-order valence-corrected chi connectivity index (χ3v) is 3.60. The Morgan fingerprint density at radius 1 is 1.33 bits per heavy atom. The van der Waals surface area contributed by atoms with E-state index in [9.17, 15) is 4.79 Å². The molecule has 1 N–H and O–H groups in total. The summed E-state index contributed by atoms with van der Waals surface area (Å²) >= 11 is 0. The first kappa shape index (κ1) is 14.5. The van der Waals surface area contributed by atoms with Gasteiger partial charge in [0, 0.05) is 11.7 Å². The van der Waals surface area contributed by atoms with Crippen LogP contribution in [0.2, 0.25) is 0 Å². The maximum atomic E-state index is 11.5. The SMILES string of the molecule is CCC(CC)(CC)Nc1cc(C(=O)OC)ccn1. The fourth-order valence-corrected chi connectivity index (χ4v) is 2.03. The van der Waals surface area contributed by atoms with Crippen molar-refractivity contribution >= 4 is 11.8 Å². The number of carbonyl (C=O) groups is 1. The molecule has 0 aliphatic heterocycles. The van der Waals surface area contributed by atoms with E-state index in [1.165, 1.54) is 7.11 Å². The molecular formula is C14H22N2O2. The number of rotatable bonds is 6. The zero-order valence-electron chi connectivity index (χ0n) is 11.6. The Morgan fingerprint density at radius 3 is 2.44 bits per heavy atom. The average molecular weight is 250 g/mol. The van der Waals surface area contributed by atoms with Gasteiger partial charge in [-0.3, -0.25) is 0 Å². The van der Waals surface area contributed by atoms with Gasteiger partial charge in [-0.05, 0) is 31.4 Å². The standard InChI is InChI=1S/C14H22N2O2/c1-5-14(6-2,7-3)16-12-10-11(8-9-15-12)13(17)18-4/h8-10H,5-7H2,1-4H3,(H,15,16). The number of hydrogen-bond acceptors (Lipinski definition) is 4. The fourth-order valence-electron chi connectivity index (χ4n) is 2.03. The molecule has 1 aromatic heterocycles. The minimum atomic E-state index is -0.337. The van der Waals surface area contributed by atoms with Crippen LogP contribution in [0.25, 0.3) is 0 Å². The van der Waals surface area contributed by atoms with Crippen molar-refractivity contribution in [3.63, 3.8) is 0 Å². The summed E-state index contributed by atoms with van der Waals surface area (Å²) in [5, 5.41) is 3.44. The number of pyridine rings is 1. The third-order valence-electron chi connectivity index (χ3n) is 3.60. The fraction of sp³-hybridized carbons (Fsp3) is 0.571. The summed E-state index contributed by atoms with van der Waals surface area (Å²) in [6.07, 6.45) is 4.68. The van der Waals surface area contributed by atoms with E-state index in [1.54, 1.807) is 18.3 Å². The van der Waals surface area contributed by atoms with E-state index in [1.807, 2.05) is 0 Å². The molecule has 0 radical (unpaired) electrons. The number of hydrogen-bond donors (Lipinski definition) is 1. The zero-order valence-corrected chi connectivity index (χ0v) is 11.6. The van der Waals surface area contributed by atoms with Gasteiger partial charge in [-0.1, -0.05) is 20.8 Å². The second-order valence-electron chi connectivity index (χ2n) is 4.39. The van der Waals surface area contributed by atoms with E-state index in [0.717, 1.165) is 25.1 Å². The number of nitrogens with zero attached hydrogens (tertiary/aromatic N) is 1. The number of ether oxygens (including phenoxy) is 1. The van der Waals surface area contributed by atoms with Crippen molar-refractivity contribution in [2.45, 2.75) is 45.6 Å². The molecule has 1 rings (SSSR count). The molecule has 1 heterocycles. The topological polar surface area (TPSA) is 51.2 Å². The van der Waals surface area contributed by atoms with E-state index in [2.05, 4.69) is 31.1 Å². The van der Waals surface area contributed by atoms with Crippen LogP contribution in [0, 0.1) is 0 Å². The third kappa shape index (κ3) is 3.22. The van der Waals surface area contributed by atoms with Crippen LogP contribution in [0.4, 0.5) is 5.82 Å². The van der Waals surface area contributed by atoms with Gasteiger partial charge in [0.2, 0.25) is 0 Å². The van der Waals surface area contributed by atoms with Crippen molar-refractivity contribution in [1.29, 1.82) is 0 Å². The first-order valence-corrected chi connectivity index (χ1v) is 6.43. The lowest BCUT2D eigenvalue weighted by atomic mass is 9.90. The predicted octanol–water partition coefficient (Wildman–Crippen LogP) is 3.25. The lowest BCUT2D eigenvalue weighted by molar-refractivity contribution is 0.0600. The van der Waals surface area contributed by atoms with Crippen molar-refractivity contribution in [3.8, 4) is 0 Å². The molecule has 4 nitrogen and oxygen atoms in total. The molecule has 0 amide bonds. The van der Waals surface area contributed by atoms with Gasteiger partial charge in [0.25, 0.3) is 0 Å². The van der Waals surface area contributed by atoms with Crippen LogP contribution in [-0.2, 0) is 4.74 Å². The van der Waals surface area contributed by atoms with Crippen molar-refractivity contribution in [1.82, 2.24) is 4.98 Å². The van der Waals surface area contributed by atoms with Crippen LogP contribution in [0.3, 0.4) is 0 Å². The van der Waals surface area contributed by atoms with Gasteiger partial charge in [-0.2, -0.15) is 0 Å². The molecule has 0 fully saturated rings. The Labute approximate surface area is 109 Å². The Bertz CT molecular complexity index is 392. The van der Waals surface area contributed by atoms with Crippen LogP contribution in [-0.4, -0.2) is 23.6 Å². The average Bonchev–Trinajstić information content (AvgIpc) is 2.44. The first-order valence-electron chi connectivity index (χ1n) is 6.43. The van der Waals surface area contributed by atoms with Gasteiger partial charge >= 0.3 is 5.97 Å². The summed E-state index contributed by atoms with van der Waals surface area (Å²) in [6, 6.07) is 3.39. The summed E-state index contributed by atoms with van der Waals surface area (Å²) in [7, 11) is 1.38. The molecular weight excluding hydrogens is 228 g/mol. The molecule has 0 unspecified atom stereocenters. The van der Waals surface area contributed by atoms with Crippen molar-refractivity contribution in [2.75, 3.05) is 12.4 Å². The van der Waals surface area contributed by atoms with E-state index in [0.29, 0.717) is 5.56 Å². The molecule has 0 atom stereocenters. The van der Waals surface area contributed by atoms with Gasteiger partial charge in [0.1, 0.15) is 5.82 Å². The molecule has 0 aliphatic rings. The zero-order chi connectivity index (χ0) is 13.6. The highest BCUT2D eigenvalue weighted by Gasteiger charge is 2.24. The normalized spacial score (nSPS) is 11.1. The Hall–Kier alpha value is -1.58. The highest BCUT2D eigenvalue weighted by Crippen LogP contribution is 2.24. The van der Waals surface area contributed by atoms with Gasteiger partial charge in [-0.15, -0.1) is 0 Å². The predicted molar refractivity (Wildman–Crippen MR) is 72.8 cm³/mol. The van der Waals surface area contributed by atoms with E-state index in [-0.39, 0.29) is 11.5 Å². The quantitative estimate of drug-likeness (QED) is 0.787. The summed E-state index contributed by atoms with van der Waals surface area (Å²) in [5.74, 6) is 0.388. The van der Waals surface area contributed by atoms with Crippen LogP contribution in [0.15, 0.2) is 18.3 Å². The largest absolute Gasteiger partial charge is 0.465 e. The second kappa shape index (κ2) is 6.38. The number of methoxy groups -OCH3 is 1. The summed E-state index contributed by atoms with van der Waals surface area (Å²) in [4.78, 5) is 15.7. The van der Waals surface area contributed by atoms with Crippen LogP contribution in [0.1, 0.15) is 50.4 Å². The highest BCUT2D eigenvalue weighted by molar-refractivity contribution is 5.90. The number of nitrogens with one attached hydrogen (secondary N) is 1. The number of anilines is 1. The van der Waals surface area contributed by atoms with E-state index in [4.69, 9.17) is 4.74 Å². The number of esters is 1. The van der Waals surface area contributed by atoms with Gasteiger partial charge in [0.15, 0.2) is 0 Å². The molecule has 18 heavy (non-hydrogen) atoms. The number of carbonyl (C=O) groups excluding carboxylic acids is 1. The molecule has 0 aromatic carbocycles.